The number of carbonyl (C=O) groups is 1. The highest BCUT2D eigenvalue weighted by molar-refractivity contribution is 5.79. The summed E-state index contributed by atoms with van der Waals surface area (Å²) in [6.07, 6.45) is 9.83. The summed E-state index contributed by atoms with van der Waals surface area (Å²) in [5.41, 5.74) is 0. The molecule has 0 N–H and O–H groups in total. The van der Waals surface area contributed by atoms with Crippen molar-refractivity contribution < 1.29 is 4.79 Å². The summed E-state index contributed by atoms with van der Waals surface area (Å²) in [6, 6.07) is 1.96. The zero-order valence-electron chi connectivity index (χ0n) is 12.8. The largest absolute Gasteiger partial charge is 0.340 e. The zero-order valence-corrected chi connectivity index (χ0v) is 12.8. The molecule has 1 aliphatic heterocycles. The molecule has 0 bridgehead atoms. The quantitative estimate of drug-likeness (QED) is 0.846. The van der Waals surface area contributed by atoms with Crippen molar-refractivity contribution in [1.29, 1.82) is 0 Å². The van der Waals surface area contributed by atoms with Crippen LogP contribution in [0, 0.1) is 5.92 Å². The van der Waals surface area contributed by atoms with Crippen LogP contribution in [0.25, 0.3) is 0 Å². The molecule has 2 heterocycles. The van der Waals surface area contributed by atoms with Gasteiger partial charge < -0.3 is 4.90 Å². The van der Waals surface area contributed by atoms with Gasteiger partial charge in [0.1, 0.15) is 0 Å². The maximum Gasteiger partial charge on any atom is 0.225 e. The van der Waals surface area contributed by atoms with Gasteiger partial charge in [0.2, 0.25) is 5.91 Å². The lowest BCUT2D eigenvalue weighted by atomic mass is 9.88. The average molecular weight is 290 g/mol. The van der Waals surface area contributed by atoms with Crippen LogP contribution in [0.1, 0.15) is 32.1 Å². The Morgan fingerprint density at radius 2 is 1.81 bits per heavy atom. The monoisotopic (exact) mass is 290 g/mol. The second kappa shape index (κ2) is 7.07. The van der Waals surface area contributed by atoms with Gasteiger partial charge in [-0.2, -0.15) is 5.10 Å². The molecule has 0 spiro atoms. The molecule has 21 heavy (non-hydrogen) atoms. The van der Waals surface area contributed by atoms with Crippen molar-refractivity contribution in [2.75, 3.05) is 32.7 Å². The molecule has 5 heteroatoms. The highest BCUT2D eigenvalue weighted by Crippen LogP contribution is 2.25. The molecule has 0 atom stereocenters. The molecule has 1 aromatic rings. The number of rotatable bonds is 4. The number of hydrogen-bond acceptors (Lipinski definition) is 3. The number of nitrogens with zero attached hydrogens (tertiary/aromatic N) is 4. The molecule has 1 saturated carbocycles. The van der Waals surface area contributed by atoms with Crippen LogP contribution in [0.4, 0.5) is 0 Å². The fraction of sp³-hybridized carbons (Fsp3) is 0.750. The van der Waals surface area contributed by atoms with Gasteiger partial charge in [0, 0.05) is 51.0 Å². The molecular formula is C16H26N4O. The van der Waals surface area contributed by atoms with Crippen LogP contribution >= 0.6 is 0 Å². The summed E-state index contributed by atoms with van der Waals surface area (Å²) in [4.78, 5) is 17.0. The molecule has 2 fully saturated rings. The van der Waals surface area contributed by atoms with Crippen LogP contribution in [0.3, 0.4) is 0 Å². The fourth-order valence-corrected chi connectivity index (χ4v) is 3.48. The number of aromatic nitrogens is 2. The summed E-state index contributed by atoms with van der Waals surface area (Å²) < 4.78 is 1.97. The first kappa shape index (κ1) is 14.6. The predicted molar refractivity (Wildman–Crippen MR) is 81.8 cm³/mol. The molecule has 3 rings (SSSR count). The summed E-state index contributed by atoms with van der Waals surface area (Å²) in [5, 5.41) is 4.23. The van der Waals surface area contributed by atoms with E-state index in [9.17, 15) is 4.79 Å². The van der Waals surface area contributed by atoms with E-state index in [1.54, 1.807) is 0 Å². The van der Waals surface area contributed by atoms with Crippen molar-refractivity contribution >= 4 is 5.91 Å². The Morgan fingerprint density at radius 1 is 1.05 bits per heavy atom. The molecule has 116 valence electrons. The minimum Gasteiger partial charge on any atom is -0.340 e. The number of piperazine rings is 1. The third-order valence-corrected chi connectivity index (χ3v) is 4.84. The van der Waals surface area contributed by atoms with Crippen molar-refractivity contribution in [1.82, 2.24) is 19.6 Å². The normalized spacial score (nSPS) is 21.6. The smallest absolute Gasteiger partial charge is 0.225 e. The Bertz CT molecular complexity index is 431. The third kappa shape index (κ3) is 3.84. The second-order valence-corrected chi connectivity index (χ2v) is 6.27. The maximum atomic E-state index is 12.5. The lowest BCUT2D eigenvalue weighted by Gasteiger charge is -2.37. The van der Waals surface area contributed by atoms with Gasteiger partial charge in [0.25, 0.3) is 0 Å². The molecule has 0 unspecified atom stereocenters. The summed E-state index contributed by atoms with van der Waals surface area (Å²) in [7, 11) is 0. The standard InChI is InChI=1S/C16H26N4O/c21-16(15-5-2-1-3-6-15)19-12-9-18(10-13-19)11-14-20-8-4-7-17-20/h4,7-8,15H,1-3,5-6,9-14H2. The number of hydrogen-bond donors (Lipinski definition) is 0. The SMILES string of the molecule is O=C(C1CCCCC1)N1CCN(CCn2cccn2)CC1. The Hall–Kier alpha value is -1.36. The summed E-state index contributed by atoms with van der Waals surface area (Å²) >= 11 is 0. The lowest BCUT2D eigenvalue weighted by molar-refractivity contribution is -0.138. The van der Waals surface area contributed by atoms with Crippen LogP contribution < -0.4 is 0 Å². The topological polar surface area (TPSA) is 41.4 Å². The summed E-state index contributed by atoms with van der Waals surface area (Å²) in [6.45, 7) is 5.75. The van der Waals surface area contributed by atoms with Gasteiger partial charge in [-0.05, 0) is 18.9 Å². The number of amides is 1. The molecule has 2 aliphatic rings. The van der Waals surface area contributed by atoms with Crippen LogP contribution in [0.15, 0.2) is 18.5 Å². The fourth-order valence-electron chi connectivity index (χ4n) is 3.48. The van der Waals surface area contributed by atoms with Crippen molar-refractivity contribution in [2.45, 2.75) is 38.6 Å². The van der Waals surface area contributed by atoms with E-state index in [0.29, 0.717) is 11.8 Å². The molecule has 1 saturated heterocycles. The van der Waals surface area contributed by atoms with E-state index >= 15 is 0 Å². The van der Waals surface area contributed by atoms with Gasteiger partial charge in [0.05, 0.1) is 6.54 Å². The van der Waals surface area contributed by atoms with Gasteiger partial charge in [0.15, 0.2) is 0 Å². The minimum absolute atomic E-state index is 0.314. The first-order chi connectivity index (χ1) is 10.3. The molecule has 0 aromatic carbocycles. The number of carbonyl (C=O) groups excluding carboxylic acids is 1. The average Bonchev–Trinajstić information content (AvgIpc) is 3.07. The predicted octanol–water partition coefficient (Wildman–Crippen LogP) is 1.61. The van der Waals surface area contributed by atoms with Gasteiger partial charge in [-0.15, -0.1) is 0 Å². The Balaban J connectivity index is 1.41. The molecule has 1 aromatic heterocycles. The van der Waals surface area contributed by atoms with E-state index in [1.807, 2.05) is 23.1 Å². The first-order valence-corrected chi connectivity index (χ1v) is 8.31. The van der Waals surface area contributed by atoms with E-state index in [-0.39, 0.29) is 0 Å². The third-order valence-electron chi connectivity index (χ3n) is 4.84. The molecule has 0 radical (unpaired) electrons. The molecular weight excluding hydrogens is 264 g/mol. The Kier molecular flexibility index (Phi) is 4.91. The minimum atomic E-state index is 0.314. The van der Waals surface area contributed by atoms with Gasteiger partial charge in [-0.1, -0.05) is 19.3 Å². The van der Waals surface area contributed by atoms with E-state index in [2.05, 4.69) is 14.9 Å². The zero-order chi connectivity index (χ0) is 14.5. The first-order valence-electron chi connectivity index (χ1n) is 8.31. The Morgan fingerprint density at radius 3 is 2.48 bits per heavy atom. The van der Waals surface area contributed by atoms with Crippen molar-refractivity contribution in [2.24, 2.45) is 5.92 Å². The molecule has 1 aliphatic carbocycles. The second-order valence-electron chi connectivity index (χ2n) is 6.27. The van der Waals surface area contributed by atoms with Gasteiger partial charge >= 0.3 is 0 Å². The van der Waals surface area contributed by atoms with Crippen LogP contribution in [0.5, 0.6) is 0 Å². The van der Waals surface area contributed by atoms with E-state index < -0.39 is 0 Å². The molecule has 5 nitrogen and oxygen atoms in total. The maximum absolute atomic E-state index is 12.5. The van der Waals surface area contributed by atoms with Crippen molar-refractivity contribution in [3.8, 4) is 0 Å². The van der Waals surface area contributed by atoms with Crippen LogP contribution in [-0.4, -0.2) is 58.2 Å². The van der Waals surface area contributed by atoms with Gasteiger partial charge in [-0.3, -0.25) is 14.4 Å². The Labute approximate surface area is 126 Å². The van der Waals surface area contributed by atoms with Gasteiger partial charge in [-0.25, -0.2) is 0 Å². The van der Waals surface area contributed by atoms with Crippen molar-refractivity contribution in [3.05, 3.63) is 18.5 Å². The van der Waals surface area contributed by atoms with Crippen LogP contribution in [0.2, 0.25) is 0 Å². The highest BCUT2D eigenvalue weighted by Gasteiger charge is 2.28. The van der Waals surface area contributed by atoms with E-state index in [4.69, 9.17) is 0 Å². The van der Waals surface area contributed by atoms with E-state index in [1.165, 1.54) is 19.3 Å². The highest BCUT2D eigenvalue weighted by atomic mass is 16.2. The lowest BCUT2D eigenvalue weighted by Crippen LogP contribution is -2.51. The summed E-state index contributed by atoms with van der Waals surface area (Å²) in [5.74, 6) is 0.732. The van der Waals surface area contributed by atoms with E-state index in [0.717, 1.165) is 52.1 Å². The molecule has 1 amide bonds. The van der Waals surface area contributed by atoms with Crippen molar-refractivity contribution in [3.63, 3.8) is 0 Å². The van der Waals surface area contributed by atoms with Crippen LogP contribution in [-0.2, 0) is 11.3 Å².